The highest BCUT2D eigenvalue weighted by molar-refractivity contribution is 7.98. The van der Waals surface area contributed by atoms with Crippen molar-refractivity contribution in [3.05, 3.63) is 65.2 Å². The number of nitrogens with one attached hydrogen (secondary N) is 1. The maximum absolute atomic E-state index is 12.3. The molecule has 0 aliphatic carbocycles. The number of carbonyl (C=O) groups excluding carboxylic acids is 2. The van der Waals surface area contributed by atoms with Crippen LogP contribution in [0.5, 0.6) is 0 Å². The first-order chi connectivity index (χ1) is 14.2. The molecule has 8 heteroatoms. The monoisotopic (exact) mass is 448 g/mol. The molecule has 0 bridgehead atoms. The molecule has 0 unspecified atom stereocenters. The van der Waals surface area contributed by atoms with Crippen LogP contribution in [0.4, 0.5) is 5.69 Å². The minimum absolute atomic E-state index is 0.169. The summed E-state index contributed by atoms with van der Waals surface area (Å²) in [6, 6.07) is 14.7. The molecule has 0 atom stereocenters. The Balaban J connectivity index is 1.81. The number of rotatable bonds is 11. The molecular formula is C22H28N2O4S2. The fourth-order valence-corrected chi connectivity index (χ4v) is 4.51. The molecule has 6 nitrogen and oxygen atoms in total. The van der Waals surface area contributed by atoms with Crippen molar-refractivity contribution in [2.45, 2.75) is 26.0 Å². The van der Waals surface area contributed by atoms with Crippen LogP contribution >= 0.6 is 11.8 Å². The van der Waals surface area contributed by atoms with Crippen LogP contribution in [0.2, 0.25) is 0 Å². The van der Waals surface area contributed by atoms with Crippen LogP contribution in [0.15, 0.2) is 48.5 Å². The van der Waals surface area contributed by atoms with Crippen molar-refractivity contribution in [2.75, 3.05) is 29.4 Å². The first-order valence-electron chi connectivity index (χ1n) is 9.65. The highest BCUT2D eigenvalue weighted by atomic mass is 32.2. The summed E-state index contributed by atoms with van der Waals surface area (Å²) in [5, 5.41) is 2.77. The Morgan fingerprint density at radius 1 is 1.10 bits per heavy atom. The lowest BCUT2D eigenvalue weighted by Crippen LogP contribution is -2.40. The average molecular weight is 449 g/mol. The van der Waals surface area contributed by atoms with Crippen LogP contribution in [-0.4, -0.2) is 45.2 Å². The second-order valence-electron chi connectivity index (χ2n) is 7.12. The SMILES string of the molecule is CC(=O)c1cccc(N(CC(=O)NCCCSCc2ccc(C)cc2)S(C)(=O)=O)c1. The van der Waals surface area contributed by atoms with E-state index >= 15 is 0 Å². The number of aryl methyl sites for hydroxylation is 1. The van der Waals surface area contributed by atoms with Gasteiger partial charge in [-0.25, -0.2) is 8.42 Å². The number of thioether (sulfide) groups is 1. The molecule has 2 rings (SSSR count). The van der Waals surface area contributed by atoms with Gasteiger partial charge in [-0.15, -0.1) is 0 Å². The maximum Gasteiger partial charge on any atom is 0.240 e. The number of ketones is 1. The summed E-state index contributed by atoms with van der Waals surface area (Å²) in [5.74, 6) is 1.27. The predicted molar refractivity (Wildman–Crippen MR) is 124 cm³/mol. The zero-order valence-electron chi connectivity index (χ0n) is 17.6. The number of sulfonamides is 1. The first kappa shape index (κ1) is 24.0. The van der Waals surface area contributed by atoms with Crippen LogP contribution in [0.3, 0.4) is 0 Å². The Labute approximate surface area is 183 Å². The van der Waals surface area contributed by atoms with Gasteiger partial charge in [0.25, 0.3) is 0 Å². The third-order valence-electron chi connectivity index (χ3n) is 4.41. The highest BCUT2D eigenvalue weighted by Gasteiger charge is 2.21. The molecule has 30 heavy (non-hydrogen) atoms. The summed E-state index contributed by atoms with van der Waals surface area (Å²) in [6.45, 7) is 3.62. The van der Waals surface area contributed by atoms with E-state index in [1.807, 2.05) is 0 Å². The van der Waals surface area contributed by atoms with Gasteiger partial charge in [-0.2, -0.15) is 11.8 Å². The van der Waals surface area contributed by atoms with Crippen molar-refractivity contribution in [3.8, 4) is 0 Å². The van der Waals surface area contributed by atoms with E-state index in [9.17, 15) is 18.0 Å². The molecule has 0 aliphatic heterocycles. The van der Waals surface area contributed by atoms with E-state index in [-0.39, 0.29) is 18.2 Å². The minimum atomic E-state index is -3.67. The molecule has 0 aromatic heterocycles. The summed E-state index contributed by atoms with van der Waals surface area (Å²) in [4.78, 5) is 23.9. The Bertz CT molecular complexity index is 973. The second kappa shape index (κ2) is 11.2. The van der Waals surface area contributed by atoms with E-state index in [1.54, 1.807) is 30.0 Å². The Hall–Kier alpha value is -2.32. The third-order valence-corrected chi connectivity index (χ3v) is 6.66. The number of hydrogen-bond acceptors (Lipinski definition) is 5. The first-order valence-corrected chi connectivity index (χ1v) is 12.7. The van der Waals surface area contributed by atoms with E-state index in [1.165, 1.54) is 24.1 Å². The molecule has 2 aromatic rings. The second-order valence-corrected chi connectivity index (χ2v) is 10.1. The van der Waals surface area contributed by atoms with Crippen molar-refractivity contribution >= 4 is 39.2 Å². The highest BCUT2D eigenvalue weighted by Crippen LogP contribution is 2.19. The maximum atomic E-state index is 12.3. The van der Waals surface area contributed by atoms with E-state index in [0.717, 1.165) is 28.5 Å². The molecule has 0 heterocycles. The lowest BCUT2D eigenvalue weighted by atomic mass is 10.1. The predicted octanol–water partition coefficient (Wildman–Crippen LogP) is 3.40. The largest absolute Gasteiger partial charge is 0.354 e. The van der Waals surface area contributed by atoms with Crippen molar-refractivity contribution in [1.29, 1.82) is 0 Å². The van der Waals surface area contributed by atoms with E-state index < -0.39 is 10.0 Å². The Kier molecular flexibility index (Phi) is 8.92. The van der Waals surface area contributed by atoms with Gasteiger partial charge < -0.3 is 5.32 Å². The number of Topliss-reactive ketones (excluding diaryl/α,β-unsaturated/α-hetero) is 1. The van der Waals surface area contributed by atoms with Crippen molar-refractivity contribution in [1.82, 2.24) is 5.32 Å². The lowest BCUT2D eigenvalue weighted by molar-refractivity contribution is -0.119. The molecule has 1 amide bonds. The smallest absolute Gasteiger partial charge is 0.240 e. The van der Waals surface area contributed by atoms with Crippen molar-refractivity contribution in [2.24, 2.45) is 0 Å². The van der Waals surface area contributed by atoms with Gasteiger partial charge in [0.1, 0.15) is 6.54 Å². The summed E-state index contributed by atoms with van der Waals surface area (Å²) in [7, 11) is -3.67. The summed E-state index contributed by atoms with van der Waals surface area (Å²) < 4.78 is 25.4. The van der Waals surface area contributed by atoms with E-state index in [0.29, 0.717) is 17.8 Å². The topological polar surface area (TPSA) is 83.6 Å². The quantitative estimate of drug-likeness (QED) is 0.421. The molecule has 0 radical (unpaired) electrons. The zero-order valence-corrected chi connectivity index (χ0v) is 19.2. The number of benzene rings is 2. The molecule has 0 aliphatic rings. The Morgan fingerprint density at radius 3 is 2.43 bits per heavy atom. The number of carbonyl (C=O) groups is 2. The van der Waals surface area contributed by atoms with Crippen LogP contribution in [0, 0.1) is 6.92 Å². The molecule has 162 valence electrons. The van der Waals surface area contributed by atoms with Gasteiger partial charge in [-0.05, 0) is 43.7 Å². The third kappa shape index (κ3) is 7.84. The van der Waals surface area contributed by atoms with Gasteiger partial charge in [0.15, 0.2) is 5.78 Å². The van der Waals surface area contributed by atoms with Gasteiger partial charge in [-0.1, -0.05) is 42.0 Å². The van der Waals surface area contributed by atoms with Crippen molar-refractivity contribution in [3.63, 3.8) is 0 Å². The molecule has 0 saturated heterocycles. The van der Waals surface area contributed by atoms with Gasteiger partial charge in [0.2, 0.25) is 15.9 Å². The normalized spacial score (nSPS) is 11.2. The standard InChI is InChI=1S/C22H28N2O4S2/c1-17-8-10-19(11-9-17)16-29-13-5-12-23-22(26)15-24(30(3,27)28)21-7-4-6-20(14-21)18(2)25/h4,6-11,14H,5,12-13,15-16H2,1-3H3,(H,23,26). The number of hydrogen-bond donors (Lipinski definition) is 1. The number of amides is 1. The summed E-state index contributed by atoms with van der Waals surface area (Å²) in [5.41, 5.74) is 3.20. The van der Waals surface area contributed by atoms with Crippen LogP contribution in [-0.2, 0) is 20.6 Å². The van der Waals surface area contributed by atoms with Crippen LogP contribution in [0.25, 0.3) is 0 Å². The lowest BCUT2D eigenvalue weighted by Gasteiger charge is -2.22. The summed E-state index contributed by atoms with van der Waals surface area (Å²) in [6.07, 6.45) is 1.84. The Morgan fingerprint density at radius 2 is 1.80 bits per heavy atom. The average Bonchev–Trinajstić information content (AvgIpc) is 2.69. The number of anilines is 1. The fraction of sp³-hybridized carbons (Fsp3) is 0.364. The molecule has 1 N–H and O–H groups in total. The number of nitrogens with zero attached hydrogens (tertiary/aromatic N) is 1. The van der Waals surface area contributed by atoms with Gasteiger partial charge in [0, 0.05) is 17.9 Å². The van der Waals surface area contributed by atoms with Crippen LogP contribution < -0.4 is 9.62 Å². The van der Waals surface area contributed by atoms with Gasteiger partial charge in [-0.3, -0.25) is 13.9 Å². The molecule has 0 spiro atoms. The molecular weight excluding hydrogens is 420 g/mol. The molecule has 0 saturated carbocycles. The summed E-state index contributed by atoms with van der Waals surface area (Å²) >= 11 is 1.79. The van der Waals surface area contributed by atoms with Crippen LogP contribution in [0.1, 0.15) is 34.8 Å². The minimum Gasteiger partial charge on any atom is -0.354 e. The van der Waals surface area contributed by atoms with E-state index in [4.69, 9.17) is 0 Å². The van der Waals surface area contributed by atoms with E-state index in [2.05, 4.69) is 36.5 Å². The zero-order chi connectivity index (χ0) is 22.1. The van der Waals surface area contributed by atoms with Crippen molar-refractivity contribution < 1.29 is 18.0 Å². The molecule has 2 aromatic carbocycles. The van der Waals surface area contributed by atoms with Gasteiger partial charge >= 0.3 is 0 Å². The molecule has 0 fully saturated rings. The fourth-order valence-electron chi connectivity index (χ4n) is 2.74. The van der Waals surface area contributed by atoms with Gasteiger partial charge in [0.05, 0.1) is 11.9 Å².